The zero-order chi connectivity index (χ0) is 9.97. The Morgan fingerprint density at radius 1 is 1.36 bits per heavy atom. The summed E-state index contributed by atoms with van der Waals surface area (Å²) in [6, 6.07) is 0.879. The Balaban J connectivity index is 1.75. The van der Waals surface area contributed by atoms with Crippen molar-refractivity contribution in [3.8, 4) is 0 Å². The topological polar surface area (TPSA) is 32.5 Å². The lowest BCUT2D eigenvalue weighted by molar-refractivity contribution is 0.226. The van der Waals surface area contributed by atoms with Crippen LogP contribution in [-0.2, 0) is 0 Å². The molecule has 1 aliphatic heterocycles. The van der Waals surface area contributed by atoms with Crippen LogP contribution in [0, 0.1) is 5.92 Å². The molecule has 0 bridgehead atoms. The van der Waals surface area contributed by atoms with Crippen LogP contribution in [0.25, 0.3) is 0 Å². The molecule has 1 saturated carbocycles. The first-order valence-corrected chi connectivity index (χ1v) is 5.92. The lowest BCUT2D eigenvalue weighted by Gasteiger charge is -2.24. The fraction of sp³-hybridized carbons (Fsp3) is 1.00. The number of nitrogens with two attached hydrogens (primary N) is 1. The van der Waals surface area contributed by atoms with Gasteiger partial charge in [-0.05, 0) is 38.8 Å². The molecule has 1 heterocycles. The van der Waals surface area contributed by atoms with E-state index in [0.29, 0.717) is 0 Å². The summed E-state index contributed by atoms with van der Waals surface area (Å²) in [6.45, 7) is 5.77. The standard InChI is InChI=1S/C11H23N3/c1-13-6-4-10(8-13)9-14(7-5-12)11-2-3-11/h10-11H,2-9,12H2,1H3/t10-/m0/s1. The van der Waals surface area contributed by atoms with Crippen LogP contribution in [0.4, 0.5) is 0 Å². The Bertz CT molecular complexity index is 179. The lowest BCUT2D eigenvalue weighted by atomic mass is 10.1. The zero-order valence-electron chi connectivity index (χ0n) is 9.28. The molecule has 0 aromatic heterocycles. The van der Waals surface area contributed by atoms with Gasteiger partial charge in [-0.1, -0.05) is 0 Å². The molecular formula is C11H23N3. The molecule has 3 nitrogen and oxygen atoms in total. The van der Waals surface area contributed by atoms with E-state index in [-0.39, 0.29) is 0 Å². The monoisotopic (exact) mass is 197 g/mol. The lowest BCUT2D eigenvalue weighted by Crippen LogP contribution is -2.36. The third-order valence-corrected chi connectivity index (χ3v) is 3.46. The van der Waals surface area contributed by atoms with Crippen molar-refractivity contribution in [3.63, 3.8) is 0 Å². The maximum atomic E-state index is 5.64. The van der Waals surface area contributed by atoms with Crippen molar-refractivity contribution >= 4 is 0 Å². The van der Waals surface area contributed by atoms with Gasteiger partial charge in [0.05, 0.1) is 0 Å². The van der Waals surface area contributed by atoms with Gasteiger partial charge in [0.15, 0.2) is 0 Å². The van der Waals surface area contributed by atoms with Gasteiger partial charge in [0, 0.05) is 32.2 Å². The average Bonchev–Trinajstić information content (AvgIpc) is 2.91. The van der Waals surface area contributed by atoms with Crippen LogP contribution >= 0.6 is 0 Å². The molecule has 2 rings (SSSR count). The Hall–Kier alpha value is -0.120. The maximum absolute atomic E-state index is 5.64. The number of nitrogens with zero attached hydrogens (tertiary/aromatic N) is 2. The van der Waals surface area contributed by atoms with Crippen molar-refractivity contribution in [2.75, 3.05) is 39.8 Å². The van der Waals surface area contributed by atoms with E-state index >= 15 is 0 Å². The summed E-state index contributed by atoms with van der Waals surface area (Å²) in [6.07, 6.45) is 4.19. The fourth-order valence-corrected chi connectivity index (χ4v) is 2.54. The Labute approximate surface area is 87.2 Å². The first kappa shape index (κ1) is 10.4. The van der Waals surface area contributed by atoms with Gasteiger partial charge in [-0.15, -0.1) is 0 Å². The summed E-state index contributed by atoms with van der Waals surface area (Å²) < 4.78 is 0. The summed E-state index contributed by atoms with van der Waals surface area (Å²) in [5.74, 6) is 0.896. The van der Waals surface area contributed by atoms with Crippen LogP contribution in [0.5, 0.6) is 0 Å². The van der Waals surface area contributed by atoms with Crippen LogP contribution in [-0.4, -0.2) is 55.6 Å². The molecule has 3 heteroatoms. The second-order valence-corrected chi connectivity index (χ2v) is 4.93. The summed E-state index contributed by atoms with van der Waals surface area (Å²) in [7, 11) is 2.23. The summed E-state index contributed by atoms with van der Waals surface area (Å²) in [5.41, 5.74) is 5.64. The molecule has 0 radical (unpaired) electrons. The van der Waals surface area contributed by atoms with Gasteiger partial charge < -0.3 is 10.6 Å². The van der Waals surface area contributed by atoms with E-state index < -0.39 is 0 Å². The predicted octanol–water partition coefficient (Wildman–Crippen LogP) is 0.361. The number of rotatable bonds is 5. The molecule has 0 unspecified atom stereocenters. The van der Waals surface area contributed by atoms with Crippen LogP contribution in [0.2, 0.25) is 0 Å². The Morgan fingerprint density at radius 3 is 2.64 bits per heavy atom. The summed E-state index contributed by atoms with van der Waals surface area (Å²) in [5, 5.41) is 0. The first-order valence-electron chi connectivity index (χ1n) is 5.92. The summed E-state index contributed by atoms with van der Waals surface area (Å²) >= 11 is 0. The van der Waals surface area contributed by atoms with Crippen molar-refractivity contribution in [2.45, 2.75) is 25.3 Å². The van der Waals surface area contributed by atoms with Gasteiger partial charge in [0.1, 0.15) is 0 Å². The minimum absolute atomic E-state index is 0.819. The molecule has 2 fully saturated rings. The van der Waals surface area contributed by atoms with Crippen LogP contribution in [0.15, 0.2) is 0 Å². The number of likely N-dealkylation sites (tertiary alicyclic amines) is 1. The highest BCUT2D eigenvalue weighted by Crippen LogP contribution is 2.28. The predicted molar refractivity (Wildman–Crippen MR) is 59.3 cm³/mol. The third-order valence-electron chi connectivity index (χ3n) is 3.46. The van der Waals surface area contributed by atoms with E-state index in [2.05, 4.69) is 16.8 Å². The van der Waals surface area contributed by atoms with Crippen LogP contribution < -0.4 is 5.73 Å². The number of hydrogen-bond acceptors (Lipinski definition) is 3. The smallest absolute Gasteiger partial charge is 0.0108 e. The SMILES string of the molecule is CN1CC[C@H](CN(CCN)C2CC2)C1. The minimum atomic E-state index is 0.819. The highest BCUT2D eigenvalue weighted by molar-refractivity contribution is 4.87. The third kappa shape index (κ3) is 2.69. The molecule has 14 heavy (non-hydrogen) atoms. The fourth-order valence-electron chi connectivity index (χ4n) is 2.54. The molecule has 1 atom stereocenters. The normalized spacial score (nSPS) is 28.9. The van der Waals surface area contributed by atoms with Crippen molar-refractivity contribution in [2.24, 2.45) is 11.7 Å². The molecule has 0 amide bonds. The molecule has 2 N–H and O–H groups in total. The Kier molecular flexibility index (Phi) is 3.42. The second-order valence-electron chi connectivity index (χ2n) is 4.93. The van der Waals surface area contributed by atoms with Gasteiger partial charge in [-0.3, -0.25) is 4.90 Å². The van der Waals surface area contributed by atoms with Crippen LogP contribution in [0.1, 0.15) is 19.3 Å². The van der Waals surface area contributed by atoms with E-state index in [0.717, 1.165) is 25.0 Å². The molecule has 2 aliphatic rings. The van der Waals surface area contributed by atoms with E-state index in [9.17, 15) is 0 Å². The average molecular weight is 197 g/mol. The van der Waals surface area contributed by atoms with Gasteiger partial charge in [-0.2, -0.15) is 0 Å². The Morgan fingerprint density at radius 2 is 2.14 bits per heavy atom. The van der Waals surface area contributed by atoms with E-state index in [1.165, 1.54) is 38.9 Å². The largest absolute Gasteiger partial charge is 0.329 e. The summed E-state index contributed by atoms with van der Waals surface area (Å²) in [4.78, 5) is 5.06. The van der Waals surface area contributed by atoms with Crippen molar-refractivity contribution in [3.05, 3.63) is 0 Å². The van der Waals surface area contributed by atoms with E-state index in [4.69, 9.17) is 5.73 Å². The molecule has 1 saturated heterocycles. The van der Waals surface area contributed by atoms with Gasteiger partial charge in [0.25, 0.3) is 0 Å². The van der Waals surface area contributed by atoms with E-state index in [1.54, 1.807) is 0 Å². The minimum Gasteiger partial charge on any atom is -0.329 e. The molecule has 0 aromatic rings. The van der Waals surface area contributed by atoms with Crippen molar-refractivity contribution in [1.29, 1.82) is 0 Å². The maximum Gasteiger partial charge on any atom is 0.0108 e. The van der Waals surface area contributed by atoms with E-state index in [1.807, 2.05) is 0 Å². The molecule has 0 spiro atoms. The second kappa shape index (κ2) is 4.60. The van der Waals surface area contributed by atoms with Gasteiger partial charge in [-0.25, -0.2) is 0 Å². The molecule has 82 valence electrons. The van der Waals surface area contributed by atoms with Crippen molar-refractivity contribution < 1.29 is 0 Å². The molecular weight excluding hydrogens is 174 g/mol. The zero-order valence-corrected chi connectivity index (χ0v) is 9.28. The van der Waals surface area contributed by atoms with Gasteiger partial charge >= 0.3 is 0 Å². The number of hydrogen-bond donors (Lipinski definition) is 1. The van der Waals surface area contributed by atoms with Crippen molar-refractivity contribution in [1.82, 2.24) is 9.80 Å². The quantitative estimate of drug-likeness (QED) is 0.691. The molecule has 0 aromatic carbocycles. The highest BCUT2D eigenvalue weighted by Gasteiger charge is 2.31. The highest BCUT2D eigenvalue weighted by atomic mass is 15.2. The van der Waals surface area contributed by atoms with Crippen LogP contribution in [0.3, 0.4) is 0 Å². The van der Waals surface area contributed by atoms with Gasteiger partial charge in [0.2, 0.25) is 0 Å². The molecule has 1 aliphatic carbocycles. The first-order chi connectivity index (χ1) is 6.79.